The lowest BCUT2D eigenvalue weighted by molar-refractivity contribution is 0.627. The van der Waals surface area contributed by atoms with E-state index in [-0.39, 0.29) is 11.6 Å². The average molecular weight is 308 g/mol. The summed E-state index contributed by atoms with van der Waals surface area (Å²) in [6.07, 6.45) is 1.74. The van der Waals surface area contributed by atoms with Crippen LogP contribution in [-0.2, 0) is 12.8 Å². The first kappa shape index (κ1) is 15.4. The van der Waals surface area contributed by atoms with E-state index in [1.165, 1.54) is 17.7 Å². The first-order valence-corrected chi connectivity index (χ1v) is 7.72. The molecule has 0 fully saturated rings. The summed E-state index contributed by atoms with van der Waals surface area (Å²) in [5.74, 6) is -0.401. The molecule has 23 heavy (non-hydrogen) atoms. The molecular weight excluding hydrogens is 290 g/mol. The van der Waals surface area contributed by atoms with Crippen molar-refractivity contribution in [3.8, 4) is 11.1 Å². The second kappa shape index (κ2) is 6.74. The fourth-order valence-electron chi connectivity index (χ4n) is 2.64. The molecule has 0 saturated heterocycles. The van der Waals surface area contributed by atoms with Gasteiger partial charge in [0.2, 0.25) is 0 Å². The van der Waals surface area contributed by atoms with Crippen LogP contribution in [0.3, 0.4) is 0 Å². The quantitative estimate of drug-likeness (QED) is 0.578. The first-order chi connectivity index (χ1) is 11.1. The van der Waals surface area contributed by atoms with E-state index in [0.29, 0.717) is 5.56 Å². The van der Waals surface area contributed by atoms with Gasteiger partial charge in [-0.15, -0.1) is 0 Å². The molecule has 0 amide bonds. The molecule has 0 heterocycles. The zero-order chi connectivity index (χ0) is 16.2. The Hall–Kier alpha value is -2.48. The van der Waals surface area contributed by atoms with E-state index >= 15 is 0 Å². The molecule has 3 rings (SSSR count). The maximum absolute atomic E-state index is 14.0. The summed E-state index contributed by atoms with van der Waals surface area (Å²) in [5.41, 5.74) is 4.72. The molecule has 0 saturated carbocycles. The molecule has 0 atom stereocenters. The minimum absolute atomic E-state index is 0.191. The highest BCUT2D eigenvalue weighted by molar-refractivity contribution is 5.64. The number of hydrogen-bond donors (Lipinski definition) is 0. The van der Waals surface area contributed by atoms with Gasteiger partial charge >= 0.3 is 0 Å². The zero-order valence-electron chi connectivity index (χ0n) is 13.0. The highest BCUT2D eigenvalue weighted by Gasteiger charge is 2.05. The molecule has 3 aromatic rings. The maximum atomic E-state index is 14.0. The van der Waals surface area contributed by atoms with Crippen LogP contribution in [0.5, 0.6) is 0 Å². The Morgan fingerprint density at radius 1 is 0.696 bits per heavy atom. The highest BCUT2D eigenvalue weighted by Crippen LogP contribution is 2.24. The maximum Gasteiger partial charge on any atom is 0.131 e. The van der Waals surface area contributed by atoms with Crippen LogP contribution in [0.2, 0.25) is 0 Å². The second-order valence-electron chi connectivity index (χ2n) is 5.81. The van der Waals surface area contributed by atoms with E-state index in [4.69, 9.17) is 0 Å². The van der Waals surface area contributed by atoms with E-state index in [1.807, 2.05) is 55.5 Å². The molecule has 0 radical (unpaired) electrons. The summed E-state index contributed by atoms with van der Waals surface area (Å²) < 4.78 is 26.9. The van der Waals surface area contributed by atoms with E-state index in [1.54, 1.807) is 6.07 Å². The smallest absolute Gasteiger partial charge is 0.131 e. The Morgan fingerprint density at radius 2 is 1.26 bits per heavy atom. The normalized spacial score (nSPS) is 10.7. The Kier molecular flexibility index (Phi) is 4.52. The molecule has 0 bridgehead atoms. The third-order valence-electron chi connectivity index (χ3n) is 4.01. The lowest BCUT2D eigenvalue weighted by Crippen LogP contribution is -1.92. The zero-order valence-corrected chi connectivity index (χ0v) is 13.0. The van der Waals surface area contributed by atoms with Gasteiger partial charge in [0, 0.05) is 5.56 Å². The molecule has 0 unspecified atom stereocenters. The van der Waals surface area contributed by atoms with Crippen molar-refractivity contribution < 1.29 is 8.78 Å². The third-order valence-corrected chi connectivity index (χ3v) is 4.01. The SMILES string of the molecule is Cc1ccc(-c2ccc(CCc3ccc(F)cc3)cc2)c(F)c1. The molecule has 0 spiro atoms. The van der Waals surface area contributed by atoms with Gasteiger partial charge in [-0.2, -0.15) is 0 Å². The summed E-state index contributed by atoms with van der Waals surface area (Å²) in [4.78, 5) is 0. The van der Waals surface area contributed by atoms with E-state index in [2.05, 4.69) is 0 Å². The van der Waals surface area contributed by atoms with Gasteiger partial charge in [0.15, 0.2) is 0 Å². The monoisotopic (exact) mass is 308 g/mol. The summed E-state index contributed by atoms with van der Waals surface area (Å²) in [7, 11) is 0. The summed E-state index contributed by atoms with van der Waals surface area (Å²) >= 11 is 0. The van der Waals surface area contributed by atoms with Crippen LogP contribution in [0.4, 0.5) is 8.78 Å². The van der Waals surface area contributed by atoms with Crippen molar-refractivity contribution in [3.05, 3.63) is 95.1 Å². The molecule has 0 aliphatic rings. The first-order valence-electron chi connectivity index (χ1n) is 7.72. The topological polar surface area (TPSA) is 0 Å². The molecule has 0 nitrogen and oxygen atoms in total. The van der Waals surface area contributed by atoms with E-state index in [9.17, 15) is 8.78 Å². The lowest BCUT2D eigenvalue weighted by Gasteiger charge is -2.07. The molecule has 0 aliphatic carbocycles. The number of benzene rings is 3. The van der Waals surface area contributed by atoms with Crippen LogP contribution >= 0.6 is 0 Å². The second-order valence-corrected chi connectivity index (χ2v) is 5.81. The molecule has 0 aliphatic heterocycles. The van der Waals surface area contributed by atoms with Crippen molar-refractivity contribution >= 4 is 0 Å². The van der Waals surface area contributed by atoms with Gasteiger partial charge in [-0.25, -0.2) is 8.78 Å². The number of rotatable bonds is 4. The third kappa shape index (κ3) is 3.84. The van der Waals surface area contributed by atoms with Crippen molar-refractivity contribution in [2.45, 2.75) is 19.8 Å². The minimum Gasteiger partial charge on any atom is -0.207 e. The Balaban J connectivity index is 1.70. The Labute approximate surface area is 135 Å². The average Bonchev–Trinajstić information content (AvgIpc) is 2.55. The minimum atomic E-state index is -0.210. The predicted octanol–water partition coefficient (Wildman–Crippen LogP) is 5.73. The molecule has 0 N–H and O–H groups in total. The van der Waals surface area contributed by atoms with Crippen molar-refractivity contribution in [1.29, 1.82) is 0 Å². The van der Waals surface area contributed by atoms with Gasteiger partial charge in [0.05, 0.1) is 0 Å². The summed E-state index contributed by atoms with van der Waals surface area (Å²) in [6.45, 7) is 1.88. The van der Waals surface area contributed by atoms with E-state index in [0.717, 1.165) is 29.5 Å². The summed E-state index contributed by atoms with van der Waals surface area (Å²) in [5, 5.41) is 0. The molecule has 3 aromatic carbocycles. The van der Waals surface area contributed by atoms with Gasteiger partial charge in [-0.05, 0) is 60.2 Å². The molecule has 0 aromatic heterocycles. The summed E-state index contributed by atoms with van der Waals surface area (Å²) in [6, 6.07) is 19.8. The van der Waals surface area contributed by atoms with Crippen molar-refractivity contribution in [1.82, 2.24) is 0 Å². The van der Waals surface area contributed by atoms with Gasteiger partial charge in [0.1, 0.15) is 11.6 Å². The highest BCUT2D eigenvalue weighted by atomic mass is 19.1. The number of aryl methyl sites for hydroxylation is 3. The lowest BCUT2D eigenvalue weighted by atomic mass is 9.99. The Bertz CT molecular complexity index is 787. The number of halogens is 2. The van der Waals surface area contributed by atoms with Gasteiger partial charge in [-0.3, -0.25) is 0 Å². The van der Waals surface area contributed by atoms with Crippen LogP contribution in [0.25, 0.3) is 11.1 Å². The van der Waals surface area contributed by atoms with Crippen LogP contribution < -0.4 is 0 Å². The van der Waals surface area contributed by atoms with Crippen LogP contribution in [-0.4, -0.2) is 0 Å². The fraction of sp³-hybridized carbons (Fsp3) is 0.143. The van der Waals surface area contributed by atoms with Crippen molar-refractivity contribution in [3.63, 3.8) is 0 Å². The molecular formula is C21H18F2. The molecule has 116 valence electrons. The van der Waals surface area contributed by atoms with Crippen molar-refractivity contribution in [2.75, 3.05) is 0 Å². The van der Waals surface area contributed by atoms with Crippen molar-refractivity contribution in [2.24, 2.45) is 0 Å². The standard InChI is InChI=1S/C21H18F2/c1-15-2-13-20(21(23)14-15)18-9-5-16(6-10-18)3-4-17-7-11-19(22)12-8-17/h2,5-14H,3-4H2,1H3. The fourth-order valence-corrected chi connectivity index (χ4v) is 2.64. The Morgan fingerprint density at radius 3 is 1.83 bits per heavy atom. The van der Waals surface area contributed by atoms with Gasteiger partial charge in [0.25, 0.3) is 0 Å². The predicted molar refractivity (Wildman–Crippen MR) is 90.4 cm³/mol. The van der Waals surface area contributed by atoms with Crippen LogP contribution in [0, 0.1) is 18.6 Å². The van der Waals surface area contributed by atoms with Crippen LogP contribution in [0.15, 0.2) is 66.7 Å². The number of hydrogen-bond acceptors (Lipinski definition) is 0. The van der Waals surface area contributed by atoms with E-state index < -0.39 is 0 Å². The molecule has 2 heteroatoms. The van der Waals surface area contributed by atoms with Crippen LogP contribution in [0.1, 0.15) is 16.7 Å². The largest absolute Gasteiger partial charge is 0.207 e. The van der Waals surface area contributed by atoms with Gasteiger partial charge in [-0.1, -0.05) is 48.5 Å². The van der Waals surface area contributed by atoms with Gasteiger partial charge < -0.3 is 0 Å².